The molecule has 0 bridgehead atoms. The zero-order valence-electron chi connectivity index (χ0n) is 15.9. The maximum Gasteiger partial charge on any atom is 0.344 e. The molecular weight excluding hydrogens is 377 g/mol. The van der Waals surface area contributed by atoms with Crippen molar-refractivity contribution in [3.05, 3.63) is 65.7 Å². The normalized spacial score (nSPS) is 10.4. The number of hydrogen-bond acceptors (Lipinski definition) is 6. The van der Waals surface area contributed by atoms with Gasteiger partial charge in [-0.05, 0) is 12.5 Å². The molecule has 0 N–H and O–H groups in total. The second-order valence-electron chi connectivity index (χ2n) is 5.89. The SMILES string of the molecule is CCOC(=O)c1c(F)cc(-n2cc(-c3ccccc3)c(C#N)n2)cc1OCOC. The zero-order chi connectivity index (χ0) is 20.8. The number of nitriles is 1. The molecule has 148 valence electrons. The van der Waals surface area contributed by atoms with Crippen LogP contribution in [0.5, 0.6) is 5.75 Å². The van der Waals surface area contributed by atoms with E-state index >= 15 is 0 Å². The molecule has 0 saturated carbocycles. The van der Waals surface area contributed by atoms with Gasteiger partial charge in [0.15, 0.2) is 12.5 Å². The summed E-state index contributed by atoms with van der Waals surface area (Å²) >= 11 is 0. The van der Waals surface area contributed by atoms with Crippen molar-refractivity contribution in [2.24, 2.45) is 0 Å². The Labute approximate surface area is 166 Å². The fourth-order valence-corrected chi connectivity index (χ4v) is 2.76. The van der Waals surface area contributed by atoms with Crippen molar-refractivity contribution in [1.82, 2.24) is 9.78 Å². The van der Waals surface area contributed by atoms with Gasteiger partial charge in [-0.1, -0.05) is 30.3 Å². The van der Waals surface area contributed by atoms with Gasteiger partial charge in [-0.2, -0.15) is 10.4 Å². The first kappa shape index (κ1) is 20.0. The molecule has 0 atom stereocenters. The molecule has 1 aromatic heterocycles. The zero-order valence-corrected chi connectivity index (χ0v) is 15.9. The van der Waals surface area contributed by atoms with E-state index in [1.807, 2.05) is 36.4 Å². The van der Waals surface area contributed by atoms with Gasteiger partial charge in [-0.25, -0.2) is 13.9 Å². The Kier molecular flexibility index (Phi) is 6.22. The van der Waals surface area contributed by atoms with Crippen LogP contribution in [0.25, 0.3) is 16.8 Å². The summed E-state index contributed by atoms with van der Waals surface area (Å²) in [6.07, 6.45) is 1.62. The minimum absolute atomic E-state index is 0.0458. The number of esters is 1. The lowest BCUT2D eigenvalue weighted by atomic mass is 10.1. The van der Waals surface area contributed by atoms with E-state index in [-0.39, 0.29) is 36.1 Å². The Morgan fingerprint density at radius 2 is 2.03 bits per heavy atom. The monoisotopic (exact) mass is 395 g/mol. The molecule has 3 rings (SSSR count). The van der Waals surface area contributed by atoms with Crippen LogP contribution < -0.4 is 4.74 Å². The van der Waals surface area contributed by atoms with Gasteiger partial charge in [0.05, 0.1) is 12.3 Å². The maximum absolute atomic E-state index is 14.8. The molecular formula is C21H18FN3O4. The van der Waals surface area contributed by atoms with Gasteiger partial charge in [-0.15, -0.1) is 0 Å². The lowest BCUT2D eigenvalue weighted by molar-refractivity contribution is 0.0431. The highest BCUT2D eigenvalue weighted by Crippen LogP contribution is 2.29. The van der Waals surface area contributed by atoms with Crippen LogP contribution in [0.2, 0.25) is 0 Å². The van der Waals surface area contributed by atoms with Crippen molar-refractivity contribution in [3.8, 4) is 28.6 Å². The number of benzene rings is 2. The third kappa shape index (κ3) is 4.25. The molecule has 0 saturated heterocycles. The van der Waals surface area contributed by atoms with Crippen LogP contribution in [0.4, 0.5) is 4.39 Å². The van der Waals surface area contributed by atoms with Crippen LogP contribution in [-0.4, -0.2) is 36.3 Å². The lowest BCUT2D eigenvalue weighted by Gasteiger charge is -2.13. The quantitative estimate of drug-likeness (QED) is 0.448. The van der Waals surface area contributed by atoms with Crippen LogP contribution in [0.1, 0.15) is 23.0 Å². The summed E-state index contributed by atoms with van der Waals surface area (Å²) in [7, 11) is 1.41. The number of aromatic nitrogens is 2. The van der Waals surface area contributed by atoms with Crippen LogP contribution in [0.15, 0.2) is 48.7 Å². The van der Waals surface area contributed by atoms with Crippen molar-refractivity contribution < 1.29 is 23.4 Å². The number of ether oxygens (including phenoxy) is 3. The van der Waals surface area contributed by atoms with Gasteiger partial charge in [0.25, 0.3) is 0 Å². The number of methoxy groups -OCH3 is 1. The summed E-state index contributed by atoms with van der Waals surface area (Å²) in [4.78, 5) is 12.1. The molecule has 7 nitrogen and oxygen atoms in total. The second-order valence-corrected chi connectivity index (χ2v) is 5.89. The standard InChI is InChI=1S/C21H18FN3O4/c1-3-28-21(26)20-17(22)9-15(10-19(20)29-13-27-2)25-12-16(18(11-23)24-25)14-7-5-4-6-8-14/h4-10,12H,3,13H2,1-2H3. The van der Waals surface area contributed by atoms with Crippen LogP contribution in [-0.2, 0) is 9.47 Å². The third-order valence-electron chi connectivity index (χ3n) is 4.02. The maximum atomic E-state index is 14.8. The summed E-state index contributed by atoms with van der Waals surface area (Å²) < 4.78 is 31.3. The van der Waals surface area contributed by atoms with Gasteiger partial charge < -0.3 is 14.2 Å². The van der Waals surface area contributed by atoms with Gasteiger partial charge in [0.2, 0.25) is 0 Å². The molecule has 0 unspecified atom stereocenters. The van der Waals surface area contributed by atoms with E-state index < -0.39 is 11.8 Å². The van der Waals surface area contributed by atoms with E-state index in [1.54, 1.807) is 13.1 Å². The highest BCUT2D eigenvalue weighted by molar-refractivity contribution is 5.93. The van der Waals surface area contributed by atoms with E-state index in [0.29, 0.717) is 5.56 Å². The van der Waals surface area contributed by atoms with Crippen molar-refractivity contribution in [2.45, 2.75) is 6.92 Å². The fraction of sp³-hybridized carbons (Fsp3) is 0.190. The molecule has 0 aliphatic heterocycles. The largest absolute Gasteiger partial charge is 0.466 e. The molecule has 0 spiro atoms. The summed E-state index contributed by atoms with van der Waals surface area (Å²) in [5, 5.41) is 13.7. The fourth-order valence-electron chi connectivity index (χ4n) is 2.76. The van der Waals surface area contributed by atoms with Gasteiger partial charge >= 0.3 is 5.97 Å². The van der Waals surface area contributed by atoms with E-state index in [4.69, 9.17) is 14.2 Å². The molecule has 3 aromatic rings. The van der Waals surface area contributed by atoms with Gasteiger partial charge in [-0.3, -0.25) is 0 Å². The topological polar surface area (TPSA) is 86.4 Å². The number of rotatable bonds is 7. The highest BCUT2D eigenvalue weighted by atomic mass is 19.1. The van der Waals surface area contributed by atoms with Crippen molar-refractivity contribution in [2.75, 3.05) is 20.5 Å². The van der Waals surface area contributed by atoms with Crippen molar-refractivity contribution in [3.63, 3.8) is 0 Å². The second kappa shape index (κ2) is 8.99. The molecule has 0 aliphatic rings. The van der Waals surface area contributed by atoms with Crippen LogP contribution >= 0.6 is 0 Å². The molecule has 0 fully saturated rings. The smallest absolute Gasteiger partial charge is 0.344 e. The average Bonchev–Trinajstić information content (AvgIpc) is 3.17. The Morgan fingerprint density at radius 3 is 2.69 bits per heavy atom. The predicted molar refractivity (Wildman–Crippen MR) is 102 cm³/mol. The van der Waals surface area contributed by atoms with E-state index in [1.165, 1.54) is 17.9 Å². The van der Waals surface area contributed by atoms with E-state index in [0.717, 1.165) is 11.6 Å². The summed E-state index contributed by atoms with van der Waals surface area (Å²) in [6, 6.07) is 13.9. The number of carbonyl (C=O) groups is 1. The van der Waals surface area contributed by atoms with Crippen LogP contribution in [0, 0.1) is 17.1 Å². The van der Waals surface area contributed by atoms with Crippen molar-refractivity contribution >= 4 is 5.97 Å². The number of nitrogens with zero attached hydrogens (tertiary/aromatic N) is 3. The van der Waals surface area contributed by atoms with E-state index in [2.05, 4.69) is 5.10 Å². The first-order valence-corrected chi connectivity index (χ1v) is 8.77. The first-order chi connectivity index (χ1) is 14.1. The Hall–Kier alpha value is -3.70. The molecule has 0 amide bonds. The number of halogens is 1. The van der Waals surface area contributed by atoms with Gasteiger partial charge in [0, 0.05) is 31.0 Å². The minimum Gasteiger partial charge on any atom is -0.466 e. The first-order valence-electron chi connectivity index (χ1n) is 8.77. The average molecular weight is 395 g/mol. The molecule has 8 heteroatoms. The number of hydrogen-bond donors (Lipinski definition) is 0. The van der Waals surface area contributed by atoms with E-state index in [9.17, 15) is 14.4 Å². The van der Waals surface area contributed by atoms with Crippen molar-refractivity contribution in [1.29, 1.82) is 5.26 Å². The molecule has 0 aliphatic carbocycles. The summed E-state index contributed by atoms with van der Waals surface area (Å²) in [6.45, 7) is 1.53. The number of carbonyl (C=O) groups excluding carboxylic acids is 1. The molecule has 0 radical (unpaired) electrons. The van der Waals surface area contributed by atoms with Crippen LogP contribution in [0.3, 0.4) is 0 Å². The lowest BCUT2D eigenvalue weighted by Crippen LogP contribution is -2.12. The minimum atomic E-state index is -0.842. The Bertz CT molecular complexity index is 1060. The summed E-state index contributed by atoms with van der Waals surface area (Å²) in [5.41, 5.74) is 1.53. The highest BCUT2D eigenvalue weighted by Gasteiger charge is 2.22. The Balaban J connectivity index is 2.10. The molecule has 2 aromatic carbocycles. The molecule has 29 heavy (non-hydrogen) atoms. The van der Waals surface area contributed by atoms with Gasteiger partial charge in [0.1, 0.15) is 23.2 Å². The summed E-state index contributed by atoms with van der Waals surface area (Å²) in [5.74, 6) is -1.72. The molecule has 1 heterocycles. The Morgan fingerprint density at radius 1 is 1.28 bits per heavy atom. The predicted octanol–water partition coefficient (Wildman–Crippen LogP) is 3.71. The third-order valence-corrected chi connectivity index (χ3v) is 4.02.